The van der Waals surface area contributed by atoms with Crippen LogP contribution in [0.3, 0.4) is 0 Å². The summed E-state index contributed by atoms with van der Waals surface area (Å²) >= 11 is 0. The second kappa shape index (κ2) is 11.7. The fraction of sp³-hybridized carbons (Fsp3) is 0.474. The molecule has 0 aliphatic carbocycles. The summed E-state index contributed by atoms with van der Waals surface area (Å²) in [5.41, 5.74) is 1.90. The van der Waals surface area contributed by atoms with Crippen LogP contribution in [0.2, 0.25) is 0 Å². The summed E-state index contributed by atoms with van der Waals surface area (Å²) in [6.45, 7) is 1.29. The minimum Gasteiger partial charge on any atom is -0.445 e. The molecule has 0 aliphatic heterocycles. The van der Waals surface area contributed by atoms with Crippen LogP contribution in [0.5, 0.6) is 0 Å². The normalized spacial score (nSPS) is 10.4. The average Bonchev–Trinajstić information content (AvgIpc) is 3.09. The number of amides is 2. The van der Waals surface area contributed by atoms with Gasteiger partial charge in [-0.25, -0.2) is 4.79 Å². The number of benzene rings is 1. The summed E-state index contributed by atoms with van der Waals surface area (Å²) in [6.07, 6.45) is 5.09. The molecule has 2 rings (SSSR count). The smallest absolute Gasteiger partial charge is 0.407 e. The van der Waals surface area contributed by atoms with Crippen molar-refractivity contribution in [3.8, 4) is 0 Å². The van der Waals surface area contributed by atoms with Gasteiger partial charge in [-0.15, -0.1) is 5.10 Å². The molecule has 0 saturated heterocycles. The lowest BCUT2D eigenvalue weighted by Crippen LogP contribution is -2.28. The monoisotopic (exact) mass is 373 g/mol. The highest BCUT2D eigenvalue weighted by atomic mass is 16.5. The van der Waals surface area contributed by atoms with E-state index in [4.69, 9.17) is 4.74 Å². The van der Waals surface area contributed by atoms with Crippen LogP contribution >= 0.6 is 0 Å². The van der Waals surface area contributed by atoms with Gasteiger partial charge in [0.25, 0.3) is 0 Å². The number of alkyl carbamates (subject to hydrolysis) is 1. The molecule has 1 aromatic heterocycles. The van der Waals surface area contributed by atoms with E-state index in [9.17, 15) is 9.59 Å². The molecule has 0 radical (unpaired) electrons. The highest BCUT2D eigenvalue weighted by Crippen LogP contribution is 2.01. The number of carbonyl (C=O) groups excluding carboxylic acids is 2. The Balaban J connectivity index is 1.43. The van der Waals surface area contributed by atoms with E-state index in [1.807, 2.05) is 43.6 Å². The Hall–Kier alpha value is -2.90. The minimum absolute atomic E-state index is 0.00560. The molecule has 0 saturated carbocycles. The third-order valence-corrected chi connectivity index (χ3v) is 3.89. The first kappa shape index (κ1) is 20.4. The van der Waals surface area contributed by atoms with E-state index in [1.165, 1.54) is 0 Å². The van der Waals surface area contributed by atoms with Gasteiger partial charge >= 0.3 is 6.09 Å². The SMILES string of the molecule is Cn1cc(CCCCNC(=O)CCCNC(=O)OCc2ccccc2)nn1. The summed E-state index contributed by atoms with van der Waals surface area (Å²) in [7, 11) is 1.84. The topological polar surface area (TPSA) is 98.1 Å². The van der Waals surface area contributed by atoms with Gasteiger partial charge in [0.05, 0.1) is 5.69 Å². The van der Waals surface area contributed by atoms with Crippen molar-refractivity contribution < 1.29 is 14.3 Å². The first-order valence-electron chi connectivity index (χ1n) is 9.20. The highest BCUT2D eigenvalue weighted by molar-refractivity contribution is 5.75. The fourth-order valence-corrected chi connectivity index (χ4v) is 2.47. The van der Waals surface area contributed by atoms with Crippen molar-refractivity contribution in [1.29, 1.82) is 0 Å². The molecule has 1 heterocycles. The summed E-state index contributed by atoms with van der Waals surface area (Å²) in [5.74, 6) is -0.00560. The molecule has 0 aliphatic rings. The molecule has 0 fully saturated rings. The number of aryl methyl sites for hydroxylation is 2. The number of hydrogen-bond acceptors (Lipinski definition) is 5. The second-order valence-electron chi connectivity index (χ2n) is 6.28. The molecule has 0 unspecified atom stereocenters. The van der Waals surface area contributed by atoms with Crippen molar-refractivity contribution in [2.24, 2.45) is 7.05 Å². The van der Waals surface area contributed by atoms with E-state index in [1.54, 1.807) is 4.68 Å². The van der Waals surface area contributed by atoms with Crippen molar-refractivity contribution >= 4 is 12.0 Å². The van der Waals surface area contributed by atoms with Crippen LogP contribution in [0.1, 0.15) is 36.9 Å². The molecule has 8 nitrogen and oxygen atoms in total. The van der Waals surface area contributed by atoms with Crippen molar-refractivity contribution in [3.63, 3.8) is 0 Å². The van der Waals surface area contributed by atoms with Gasteiger partial charge in [0.15, 0.2) is 0 Å². The van der Waals surface area contributed by atoms with Crippen LogP contribution in [-0.2, 0) is 29.6 Å². The van der Waals surface area contributed by atoms with E-state index < -0.39 is 6.09 Å². The van der Waals surface area contributed by atoms with Crippen molar-refractivity contribution in [2.45, 2.75) is 38.7 Å². The van der Waals surface area contributed by atoms with E-state index in [2.05, 4.69) is 20.9 Å². The van der Waals surface area contributed by atoms with Gasteiger partial charge < -0.3 is 15.4 Å². The Labute approximate surface area is 159 Å². The standard InChI is InChI=1S/C19H27N5O3/c1-24-14-17(22-23-24)10-5-6-12-20-18(25)11-7-13-21-19(26)27-15-16-8-3-2-4-9-16/h2-4,8-9,14H,5-7,10-13,15H2,1H3,(H,20,25)(H,21,26). The molecule has 0 bridgehead atoms. The van der Waals surface area contributed by atoms with Crippen LogP contribution in [0.25, 0.3) is 0 Å². The van der Waals surface area contributed by atoms with E-state index in [-0.39, 0.29) is 12.5 Å². The molecule has 1 aromatic carbocycles. The Morgan fingerprint density at radius 2 is 1.85 bits per heavy atom. The Morgan fingerprint density at radius 1 is 1.07 bits per heavy atom. The zero-order valence-electron chi connectivity index (χ0n) is 15.7. The fourth-order valence-electron chi connectivity index (χ4n) is 2.47. The van der Waals surface area contributed by atoms with Gasteiger partial charge in [-0.05, 0) is 31.2 Å². The maximum atomic E-state index is 11.8. The molecule has 27 heavy (non-hydrogen) atoms. The number of unbranched alkanes of at least 4 members (excludes halogenated alkanes) is 1. The van der Waals surface area contributed by atoms with E-state index >= 15 is 0 Å². The third kappa shape index (κ3) is 8.84. The third-order valence-electron chi connectivity index (χ3n) is 3.89. The van der Waals surface area contributed by atoms with Gasteiger partial charge in [0.1, 0.15) is 6.61 Å². The van der Waals surface area contributed by atoms with Crippen molar-refractivity contribution in [2.75, 3.05) is 13.1 Å². The number of nitrogens with zero attached hydrogens (tertiary/aromatic N) is 3. The second-order valence-corrected chi connectivity index (χ2v) is 6.28. The number of aromatic nitrogens is 3. The lowest BCUT2D eigenvalue weighted by Gasteiger charge is -2.07. The molecular weight excluding hydrogens is 346 g/mol. The van der Waals surface area contributed by atoms with E-state index in [0.717, 1.165) is 30.5 Å². The molecule has 2 aromatic rings. The summed E-state index contributed by atoms with van der Waals surface area (Å²) < 4.78 is 6.79. The molecule has 0 spiro atoms. The van der Waals surface area contributed by atoms with Gasteiger partial charge in [-0.3, -0.25) is 9.48 Å². The Morgan fingerprint density at radius 3 is 2.59 bits per heavy atom. The molecule has 8 heteroatoms. The number of carbonyl (C=O) groups is 2. The van der Waals surface area contributed by atoms with Gasteiger partial charge in [0, 0.05) is 32.8 Å². The maximum Gasteiger partial charge on any atom is 0.407 e. The lowest BCUT2D eigenvalue weighted by atomic mass is 10.2. The van der Waals surface area contributed by atoms with Gasteiger partial charge in [-0.2, -0.15) is 0 Å². The predicted molar refractivity (Wildman–Crippen MR) is 101 cm³/mol. The number of ether oxygens (including phenoxy) is 1. The maximum absolute atomic E-state index is 11.8. The molecule has 2 N–H and O–H groups in total. The molecule has 0 atom stereocenters. The van der Waals surface area contributed by atoms with Crippen LogP contribution in [0.15, 0.2) is 36.5 Å². The van der Waals surface area contributed by atoms with Crippen molar-refractivity contribution in [1.82, 2.24) is 25.6 Å². The Kier molecular flexibility index (Phi) is 8.82. The van der Waals surface area contributed by atoms with Gasteiger partial charge in [0.2, 0.25) is 5.91 Å². The van der Waals surface area contributed by atoms with Crippen LogP contribution in [0, 0.1) is 0 Å². The Bertz CT molecular complexity index is 702. The number of hydrogen-bond donors (Lipinski definition) is 2. The first-order chi connectivity index (χ1) is 13.1. The van der Waals surface area contributed by atoms with Crippen LogP contribution in [-0.4, -0.2) is 40.1 Å². The lowest BCUT2D eigenvalue weighted by molar-refractivity contribution is -0.121. The van der Waals surface area contributed by atoms with Crippen LogP contribution in [0.4, 0.5) is 4.79 Å². The van der Waals surface area contributed by atoms with E-state index in [0.29, 0.717) is 25.9 Å². The summed E-state index contributed by atoms with van der Waals surface area (Å²) in [4.78, 5) is 23.3. The van der Waals surface area contributed by atoms with Crippen molar-refractivity contribution in [3.05, 3.63) is 47.8 Å². The number of nitrogens with one attached hydrogen (secondary N) is 2. The van der Waals surface area contributed by atoms with Crippen LogP contribution < -0.4 is 10.6 Å². The van der Waals surface area contributed by atoms with Gasteiger partial charge in [-0.1, -0.05) is 35.5 Å². The largest absolute Gasteiger partial charge is 0.445 e. The molecule has 146 valence electrons. The average molecular weight is 373 g/mol. The zero-order chi connectivity index (χ0) is 19.3. The first-order valence-corrected chi connectivity index (χ1v) is 9.20. The quantitative estimate of drug-likeness (QED) is 0.587. The predicted octanol–water partition coefficient (Wildman–Crippen LogP) is 1.96. The molecular formula is C19H27N5O3. The minimum atomic E-state index is -0.469. The highest BCUT2D eigenvalue weighted by Gasteiger charge is 2.04. The summed E-state index contributed by atoms with van der Waals surface area (Å²) in [6, 6.07) is 9.48. The number of rotatable bonds is 11. The zero-order valence-corrected chi connectivity index (χ0v) is 15.7. The summed E-state index contributed by atoms with van der Waals surface area (Å²) in [5, 5.41) is 13.4. The molecule has 2 amide bonds.